The smallest absolute Gasteiger partial charge is 0.416 e. The zero-order valence-electron chi connectivity index (χ0n) is 20.9. The van der Waals surface area contributed by atoms with E-state index in [1.165, 1.54) is 13.2 Å². The largest absolute Gasteiger partial charge is 0.494 e. The molecule has 1 aliphatic rings. The van der Waals surface area contributed by atoms with Crippen molar-refractivity contribution in [1.82, 2.24) is 24.7 Å². The second-order valence-electron chi connectivity index (χ2n) is 8.73. The molecule has 0 unspecified atom stereocenters. The maximum atomic E-state index is 13.5. The number of carbonyl (C=O) groups is 1. The number of hydrogen-bond donors (Lipinski definition) is 1. The lowest BCUT2D eigenvalue weighted by atomic mass is 10.00. The Balaban J connectivity index is 1.59. The van der Waals surface area contributed by atoms with E-state index in [-0.39, 0.29) is 33.4 Å². The fourth-order valence-electron chi connectivity index (χ4n) is 3.66. The van der Waals surface area contributed by atoms with E-state index in [0.29, 0.717) is 23.1 Å². The van der Waals surface area contributed by atoms with Crippen LogP contribution in [0.15, 0.2) is 47.7 Å². The molecule has 4 aromatic rings. The molecule has 0 aliphatic heterocycles. The summed E-state index contributed by atoms with van der Waals surface area (Å²) in [5.74, 6) is 5.32. The normalized spacial score (nSPS) is 13.0. The molecule has 1 N–H and O–H groups in total. The number of rotatable bonds is 6. The van der Waals surface area contributed by atoms with Crippen LogP contribution in [0.5, 0.6) is 5.75 Å². The molecule has 0 aromatic carbocycles. The Kier molecular flexibility index (Phi) is 7.50. The van der Waals surface area contributed by atoms with Crippen LogP contribution < -0.4 is 15.6 Å². The van der Waals surface area contributed by atoms with Gasteiger partial charge < -0.3 is 4.74 Å². The summed E-state index contributed by atoms with van der Waals surface area (Å²) in [6.07, 6.45) is -2.71. The van der Waals surface area contributed by atoms with Crippen LogP contribution in [0.2, 0.25) is 0 Å². The molecule has 15 heteroatoms. The van der Waals surface area contributed by atoms with Crippen molar-refractivity contribution in [2.24, 2.45) is 5.92 Å². The van der Waals surface area contributed by atoms with Gasteiger partial charge in [-0.1, -0.05) is 17.3 Å². The molecule has 9 nitrogen and oxygen atoms in total. The highest BCUT2D eigenvalue weighted by atomic mass is 32.1. The second kappa shape index (κ2) is 11.0. The number of halogens is 5. The van der Waals surface area contributed by atoms with Crippen LogP contribution in [0, 0.1) is 17.8 Å². The first-order chi connectivity index (χ1) is 19.5. The maximum Gasteiger partial charge on any atom is 0.416 e. The number of nitrogens with one attached hydrogen (secondary N) is 1. The van der Waals surface area contributed by atoms with Crippen molar-refractivity contribution in [2.75, 3.05) is 12.4 Å². The molecular weight excluding hydrogens is 571 g/mol. The minimum atomic E-state index is -4.75. The van der Waals surface area contributed by atoms with E-state index >= 15 is 0 Å². The summed E-state index contributed by atoms with van der Waals surface area (Å²) in [6, 6.07) is 3.28. The molecule has 0 atom stereocenters. The second-order valence-corrected chi connectivity index (χ2v) is 9.71. The Morgan fingerprint density at radius 1 is 1.15 bits per heavy atom. The molecule has 210 valence electrons. The number of carbonyl (C=O) groups excluding carboxylic acids is 1. The monoisotopic (exact) mass is 588 g/mol. The molecule has 41 heavy (non-hydrogen) atoms. The Morgan fingerprint density at radius 3 is 2.59 bits per heavy atom. The summed E-state index contributed by atoms with van der Waals surface area (Å²) in [6.45, 7) is 0. The van der Waals surface area contributed by atoms with Crippen molar-refractivity contribution in [3.63, 3.8) is 0 Å². The van der Waals surface area contributed by atoms with E-state index < -0.39 is 35.3 Å². The summed E-state index contributed by atoms with van der Waals surface area (Å²) in [5, 5.41) is 10.9. The highest BCUT2D eigenvalue weighted by Gasteiger charge is 2.31. The van der Waals surface area contributed by atoms with Crippen LogP contribution in [-0.2, 0) is 6.18 Å². The average molecular weight is 589 g/mol. The first-order valence-electron chi connectivity index (χ1n) is 11.8. The van der Waals surface area contributed by atoms with Gasteiger partial charge in [-0.15, -0.1) is 10.2 Å². The first kappa shape index (κ1) is 27.8. The molecule has 1 amide bonds. The van der Waals surface area contributed by atoms with Gasteiger partial charge in [0.2, 0.25) is 5.13 Å². The molecular formula is C26H17F5N6O3S. The fourth-order valence-corrected chi connectivity index (χ4v) is 4.26. The van der Waals surface area contributed by atoms with Gasteiger partial charge in [0.05, 0.1) is 24.4 Å². The van der Waals surface area contributed by atoms with E-state index in [0.717, 1.165) is 53.4 Å². The quantitative estimate of drug-likeness (QED) is 0.246. The van der Waals surface area contributed by atoms with Crippen molar-refractivity contribution in [3.05, 3.63) is 75.0 Å². The Bertz CT molecular complexity index is 1750. The number of aromatic nitrogens is 5. The first-order valence-corrected chi connectivity index (χ1v) is 12.6. The van der Waals surface area contributed by atoms with Crippen LogP contribution in [-0.4, -0.2) is 37.7 Å². The summed E-state index contributed by atoms with van der Waals surface area (Å²) in [5.41, 5.74) is -3.00. The molecule has 1 fully saturated rings. The van der Waals surface area contributed by atoms with Crippen molar-refractivity contribution < 1.29 is 31.5 Å². The van der Waals surface area contributed by atoms with Gasteiger partial charge in [0.25, 0.3) is 17.9 Å². The standard InChI is InChI=1S/C26H17F5N6O3S/c1-40-19-12-32-18(23(27)28)9-16(19)15-10-20(37-7-6-14(8-22(37)38)26(29,30)31)33-11-17(15)24(39)34-25-36-35-21(41-25)5-4-13-2-3-13/h6-13,23H,2-3H2,1H3,(H,34,36,39). The number of methoxy groups -OCH3 is 1. The average Bonchev–Trinajstić information content (AvgIpc) is 3.67. The Morgan fingerprint density at radius 2 is 1.93 bits per heavy atom. The van der Waals surface area contributed by atoms with Crippen LogP contribution in [0.4, 0.5) is 27.1 Å². The molecule has 0 radical (unpaired) electrons. The number of alkyl halides is 5. The van der Waals surface area contributed by atoms with Gasteiger partial charge >= 0.3 is 6.18 Å². The maximum absolute atomic E-state index is 13.5. The molecule has 1 aliphatic carbocycles. The van der Waals surface area contributed by atoms with Crippen LogP contribution in [0.25, 0.3) is 16.9 Å². The molecule has 0 spiro atoms. The van der Waals surface area contributed by atoms with E-state index in [1.54, 1.807) is 0 Å². The fraction of sp³-hybridized carbons (Fsp3) is 0.231. The minimum absolute atomic E-state index is 0.000173. The number of nitrogens with zero attached hydrogens (tertiary/aromatic N) is 5. The van der Waals surface area contributed by atoms with E-state index in [4.69, 9.17) is 4.74 Å². The molecule has 4 aromatic heterocycles. The summed E-state index contributed by atoms with van der Waals surface area (Å²) in [4.78, 5) is 33.6. The molecule has 0 bridgehead atoms. The number of anilines is 1. The van der Waals surface area contributed by atoms with Gasteiger partial charge in [0.1, 0.15) is 17.3 Å². The van der Waals surface area contributed by atoms with Gasteiger partial charge in [0, 0.05) is 35.5 Å². The molecule has 5 rings (SSSR count). The number of pyridine rings is 3. The lowest BCUT2D eigenvalue weighted by molar-refractivity contribution is -0.137. The van der Waals surface area contributed by atoms with Gasteiger partial charge in [-0.05, 0) is 37.0 Å². The third-order valence-electron chi connectivity index (χ3n) is 5.86. The summed E-state index contributed by atoms with van der Waals surface area (Å²) in [7, 11) is 1.26. The molecule has 4 heterocycles. The van der Waals surface area contributed by atoms with Crippen LogP contribution in [0.3, 0.4) is 0 Å². The predicted octanol–water partition coefficient (Wildman–Crippen LogP) is 5.12. The van der Waals surface area contributed by atoms with E-state index in [1.807, 2.05) is 0 Å². The Labute approximate surface area is 232 Å². The van der Waals surface area contributed by atoms with E-state index in [2.05, 4.69) is 37.3 Å². The van der Waals surface area contributed by atoms with Crippen molar-refractivity contribution >= 4 is 22.4 Å². The number of hydrogen-bond acceptors (Lipinski definition) is 8. The van der Waals surface area contributed by atoms with Gasteiger partial charge in [0.15, 0.2) is 5.01 Å². The molecule has 0 saturated heterocycles. The third kappa shape index (κ3) is 6.22. The zero-order valence-corrected chi connectivity index (χ0v) is 21.7. The third-order valence-corrected chi connectivity index (χ3v) is 6.61. The number of ether oxygens (including phenoxy) is 1. The lowest BCUT2D eigenvalue weighted by Gasteiger charge is -2.15. The summed E-state index contributed by atoms with van der Waals surface area (Å²) >= 11 is 1.03. The van der Waals surface area contributed by atoms with Gasteiger partial charge in [-0.3, -0.25) is 24.5 Å². The van der Waals surface area contributed by atoms with Crippen molar-refractivity contribution in [1.29, 1.82) is 0 Å². The van der Waals surface area contributed by atoms with Crippen molar-refractivity contribution in [2.45, 2.75) is 25.4 Å². The van der Waals surface area contributed by atoms with Gasteiger partial charge in [-0.2, -0.15) is 13.2 Å². The van der Waals surface area contributed by atoms with Crippen LogP contribution >= 0.6 is 11.3 Å². The van der Waals surface area contributed by atoms with Gasteiger partial charge in [-0.25, -0.2) is 13.8 Å². The SMILES string of the molecule is COc1cnc(C(F)F)cc1-c1cc(-n2ccc(C(F)(F)F)cc2=O)ncc1C(=O)Nc1nnc(C#CC2CC2)s1. The van der Waals surface area contributed by atoms with E-state index in [9.17, 15) is 31.5 Å². The van der Waals surface area contributed by atoms with Crippen LogP contribution in [0.1, 0.15) is 45.9 Å². The lowest BCUT2D eigenvalue weighted by Crippen LogP contribution is -2.21. The predicted molar refractivity (Wildman–Crippen MR) is 137 cm³/mol. The molecule has 1 saturated carbocycles. The Hall–Kier alpha value is -4.71. The summed E-state index contributed by atoms with van der Waals surface area (Å²) < 4.78 is 72.4. The van der Waals surface area contributed by atoms with Crippen molar-refractivity contribution in [3.8, 4) is 34.5 Å². The topological polar surface area (TPSA) is 112 Å². The highest BCUT2D eigenvalue weighted by molar-refractivity contribution is 7.15. The number of amides is 1. The highest BCUT2D eigenvalue weighted by Crippen LogP contribution is 2.36. The zero-order chi connectivity index (χ0) is 29.3. The minimum Gasteiger partial charge on any atom is -0.494 e.